The number of carbonyl (C=O) groups is 2. The normalized spacial score (nSPS) is 12.8. The molecule has 0 aliphatic carbocycles. The van der Waals surface area contributed by atoms with E-state index in [1.165, 1.54) is 327 Å². The van der Waals surface area contributed by atoms with Crippen molar-refractivity contribution in [1.29, 1.82) is 0 Å². The first-order chi connectivity index (χ1) is 42.5. The van der Waals surface area contributed by atoms with Crippen molar-refractivity contribution in [3.63, 3.8) is 0 Å². The SMILES string of the molecule is CCCC/C=C\C/C=C\CCCCCCCC(=O)OCCCCCCCCCCCCCCCCC/C=C\C/C=C\CCCCCCCCCCCCCCCCCCCC(=O)NC(CO)C(O)/C=C/CCCCCCCCCCCCCCCC. The molecule has 0 aromatic rings. The zero-order valence-electron chi connectivity index (χ0n) is 57.8. The van der Waals surface area contributed by atoms with Crippen LogP contribution in [0.25, 0.3) is 0 Å². The van der Waals surface area contributed by atoms with Gasteiger partial charge in [-0.25, -0.2) is 0 Å². The molecule has 0 saturated carbocycles. The van der Waals surface area contributed by atoms with Crippen LogP contribution in [0.2, 0.25) is 0 Å². The Morgan fingerprint density at radius 2 is 0.593 bits per heavy atom. The third-order valence-electron chi connectivity index (χ3n) is 17.8. The van der Waals surface area contributed by atoms with E-state index < -0.39 is 12.1 Å². The minimum absolute atomic E-state index is 0.00543. The predicted molar refractivity (Wildman–Crippen MR) is 379 cm³/mol. The van der Waals surface area contributed by atoms with Gasteiger partial charge in [-0.2, -0.15) is 0 Å². The summed E-state index contributed by atoms with van der Waals surface area (Å²) >= 11 is 0. The summed E-state index contributed by atoms with van der Waals surface area (Å²) in [7, 11) is 0. The van der Waals surface area contributed by atoms with E-state index in [2.05, 4.69) is 67.8 Å². The largest absolute Gasteiger partial charge is 0.466 e. The second-order valence-corrected chi connectivity index (χ2v) is 26.3. The monoisotopic (exact) mass is 1200 g/mol. The molecule has 0 radical (unpaired) electrons. The molecule has 6 heteroatoms. The van der Waals surface area contributed by atoms with Gasteiger partial charge in [-0.05, 0) is 89.9 Å². The molecule has 0 aromatic heterocycles. The van der Waals surface area contributed by atoms with Gasteiger partial charge < -0.3 is 20.3 Å². The van der Waals surface area contributed by atoms with Gasteiger partial charge in [0.05, 0.1) is 25.4 Å². The molecule has 0 rings (SSSR count). The first-order valence-electron chi connectivity index (χ1n) is 38.6. The van der Waals surface area contributed by atoms with E-state index in [4.69, 9.17) is 4.74 Å². The maximum atomic E-state index is 12.5. The Kier molecular flexibility index (Phi) is 72.9. The van der Waals surface area contributed by atoms with Crippen molar-refractivity contribution in [3.8, 4) is 0 Å². The number of aliphatic hydroxyl groups is 2. The second kappa shape index (κ2) is 75.0. The molecule has 0 bridgehead atoms. The molecule has 6 nitrogen and oxygen atoms in total. The Bertz CT molecular complexity index is 1480. The first-order valence-corrected chi connectivity index (χ1v) is 38.6. The van der Waals surface area contributed by atoms with E-state index in [-0.39, 0.29) is 18.5 Å². The standard InChI is InChI=1S/C80H149NO5/c1-3-5-7-9-11-13-15-17-19-45-48-52-56-60-64-68-72-78(83)77(76-82)81-79(84)73-69-65-61-57-53-49-46-43-41-39-37-35-33-31-29-27-25-23-21-20-22-24-26-28-30-32-34-36-38-40-42-44-47-51-55-59-63-67-71-75-86-80(85)74-70-66-62-58-54-50-18-16-14-12-10-8-6-4-2/h10,12,16,18,20-21,24,26,68,72,77-78,82-83H,3-9,11,13-15,17,19,22-23,25,27-67,69-71,73-76H2,1-2H3,(H,81,84)/b12-10-,18-16-,21-20-,26-24-,72-68+. The average Bonchev–Trinajstić information content (AvgIpc) is 3.60. The number of ether oxygens (including phenoxy) is 1. The van der Waals surface area contributed by atoms with E-state index in [9.17, 15) is 19.8 Å². The van der Waals surface area contributed by atoms with Crippen molar-refractivity contribution in [2.45, 2.75) is 424 Å². The summed E-state index contributed by atoms with van der Waals surface area (Å²) in [6.45, 7) is 4.89. The van der Waals surface area contributed by atoms with Gasteiger partial charge in [0.15, 0.2) is 0 Å². The zero-order valence-corrected chi connectivity index (χ0v) is 57.8. The third kappa shape index (κ3) is 70.6. The smallest absolute Gasteiger partial charge is 0.305 e. The highest BCUT2D eigenvalue weighted by molar-refractivity contribution is 5.76. The van der Waals surface area contributed by atoms with Gasteiger partial charge in [-0.3, -0.25) is 9.59 Å². The van der Waals surface area contributed by atoms with Crippen LogP contribution in [0, 0.1) is 0 Å². The highest BCUT2D eigenvalue weighted by Gasteiger charge is 2.18. The number of carbonyl (C=O) groups excluding carboxylic acids is 2. The summed E-state index contributed by atoms with van der Waals surface area (Å²) in [5.41, 5.74) is 0. The molecule has 0 aliphatic rings. The lowest BCUT2D eigenvalue weighted by Crippen LogP contribution is -2.45. The fourth-order valence-electron chi connectivity index (χ4n) is 11.9. The van der Waals surface area contributed by atoms with Crippen LogP contribution in [0.5, 0.6) is 0 Å². The lowest BCUT2D eigenvalue weighted by atomic mass is 10.0. The second-order valence-electron chi connectivity index (χ2n) is 26.3. The number of nitrogens with one attached hydrogen (secondary N) is 1. The Hall–Kier alpha value is -2.44. The molecule has 0 spiro atoms. The summed E-state index contributed by atoms with van der Waals surface area (Å²) < 4.78 is 5.49. The molecule has 0 aromatic carbocycles. The van der Waals surface area contributed by atoms with Crippen molar-refractivity contribution in [2.75, 3.05) is 13.2 Å². The van der Waals surface area contributed by atoms with Gasteiger partial charge in [0.2, 0.25) is 5.91 Å². The van der Waals surface area contributed by atoms with Crippen molar-refractivity contribution in [1.82, 2.24) is 5.32 Å². The van der Waals surface area contributed by atoms with Crippen LogP contribution in [0.3, 0.4) is 0 Å². The Morgan fingerprint density at radius 1 is 0.326 bits per heavy atom. The van der Waals surface area contributed by atoms with E-state index in [0.717, 1.165) is 57.8 Å². The third-order valence-corrected chi connectivity index (χ3v) is 17.8. The predicted octanol–water partition coefficient (Wildman–Crippen LogP) is 25.4. The molecular weight excluding hydrogens is 1050 g/mol. The molecule has 1 amide bonds. The number of aliphatic hydroxyl groups excluding tert-OH is 2. The summed E-state index contributed by atoms with van der Waals surface area (Å²) in [4.78, 5) is 24.6. The van der Waals surface area contributed by atoms with Gasteiger partial charge in [0, 0.05) is 12.8 Å². The minimum atomic E-state index is -0.843. The molecular formula is C80H149NO5. The summed E-state index contributed by atoms with van der Waals surface area (Å²) in [6.07, 6.45) is 101. The molecule has 0 saturated heterocycles. The van der Waals surface area contributed by atoms with Crippen LogP contribution < -0.4 is 5.32 Å². The maximum absolute atomic E-state index is 12.5. The molecule has 3 N–H and O–H groups in total. The molecule has 0 heterocycles. The maximum Gasteiger partial charge on any atom is 0.305 e. The number of amides is 1. The van der Waals surface area contributed by atoms with Gasteiger partial charge in [-0.15, -0.1) is 0 Å². The molecule has 2 atom stereocenters. The van der Waals surface area contributed by atoms with E-state index in [1.54, 1.807) is 6.08 Å². The highest BCUT2D eigenvalue weighted by Crippen LogP contribution is 2.19. The van der Waals surface area contributed by atoms with Crippen LogP contribution in [0.4, 0.5) is 0 Å². The van der Waals surface area contributed by atoms with Crippen LogP contribution in [0.15, 0.2) is 60.8 Å². The average molecular weight is 1210 g/mol. The Labute approximate surface area is 537 Å². The Morgan fingerprint density at radius 3 is 0.919 bits per heavy atom. The van der Waals surface area contributed by atoms with Gasteiger partial charge in [0.1, 0.15) is 0 Å². The van der Waals surface area contributed by atoms with E-state index >= 15 is 0 Å². The van der Waals surface area contributed by atoms with Crippen molar-refractivity contribution < 1.29 is 24.5 Å². The molecule has 0 aliphatic heterocycles. The lowest BCUT2D eigenvalue weighted by molar-refractivity contribution is -0.143. The number of rotatable bonds is 72. The number of hydrogen-bond acceptors (Lipinski definition) is 5. The van der Waals surface area contributed by atoms with Crippen LogP contribution >= 0.6 is 0 Å². The van der Waals surface area contributed by atoms with E-state index in [0.29, 0.717) is 19.4 Å². The summed E-state index contributed by atoms with van der Waals surface area (Å²) in [6, 6.07) is -0.626. The molecule has 504 valence electrons. The zero-order chi connectivity index (χ0) is 62.0. The van der Waals surface area contributed by atoms with Crippen LogP contribution in [-0.4, -0.2) is 47.4 Å². The Balaban J connectivity index is 3.37. The number of allylic oxidation sites excluding steroid dienone is 9. The summed E-state index contributed by atoms with van der Waals surface area (Å²) in [5, 5.41) is 23.2. The fraction of sp³-hybridized carbons (Fsp3) is 0.850. The quantitative estimate of drug-likeness (QED) is 0.0320. The fourth-order valence-corrected chi connectivity index (χ4v) is 11.9. The van der Waals surface area contributed by atoms with Crippen molar-refractivity contribution in [2.24, 2.45) is 0 Å². The summed E-state index contributed by atoms with van der Waals surface area (Å²) in [5.74, 6) is -0.0571. The van der Waals surface area contributed by atoms with E-state index in [1.807, 2.05) is 6.08 Å². The number of hydrogen-bond donors (Lipinski definition) is 3. The molecule has 86 heavy (non-hydrogen) atoms. The number of esters is 1. The van der Waals surface area contributed by atoms with Crippen LogP contribution in [-0.2, 0) is 14.3 Å². The number of unbranched alkanes of at least 4 members (excludes halogenated alkanes) is 53. The van der Waals surface area contributed by atoms with Gasteiger partial charge in [0.25, 0.3) is 0 Å². The van der Waals surface area contributed by atoms with Crippen LogP contribution in [0.1, 0.15) is 412 Å². The minimum Gasteiger partial charge on any atom is -0.466 e. The molecule has 0 fully saturated rings. The van der Waals surface area contributed by atoms with Gasteiger partial charge >= 0.3 is 5.97 Å². The molecule has 2 unspecified atom stereocenters. The van der Waals surface area contributed by atoms with Crippen molar-refractivity contribution >= 4 is 11.9 Å². The van der Waals surface area contributed by atoms with Gasteiger partial charge in [-0.1, -0.05) is 370 Å². The van der Waals surface area contributed by atoms with Crippen molar-refractivity contribution in [3.05, 3.63) is 60.8 Å². The lowest BCUT2D eigenvalue weighted by Gasteiger charge is -2.20. The first kappa shape index (κ1) is 83.6. The highest BCUT2D eigenvalue weighted by atomic mass is 16.5. The topological polar surface area (TPSA) is 95.9 Å².